The maximum absolute atomic E-state index is 9.30. The summed E-state index contributed by atoms with van der Waals surface area (Å²) >= 11 is 0. The number of nitrogens with zero attached hydrogens (tertiary/aromatic N) is 2. The fourth-order valence-corrected chi connectivity index (χ4v) is 2.82. The maximum Gasteiger partial charge on any atom is 0.204 e. The molecule has 4 nitrogen and oxygen atoms in total. The number of nitriles is 1. The van der Waals surface area contributed by atoms with Gasteiger partial charge in [0.15, 0.2) is 0 Å². The fourth-order valence-electron chi connectivity index (χ4n) is 2.82. The topological polar surface area (TPSA) is 71.4 Å². The first-order valence-corrected chi connectivity index (χ1v) is 7.55. The average Bonchev–Trinajstić information content (AvgIpc) is 2.38. The second-order valence-corrected chi connectivity index (χ2v) is 6.90. The predicted molar refractivity (Wildman–Crippen MR) is 80.1 cm³/mol. The number of allylic oxidation sites excluding steroid dienone is 1. The van der Waals surface area contributed by atoms with E-state index < -0.39 is 0 Å². The molecule has 1 unspecified atom stereocenters. The highest BCUT2D eigenvalue weighted by Crippen LogP contribution is 2.32. The van der Waals surface area contributed by atoms with Crippen molar-refractivity contribution in [3.63, 3.8) is 0 Å². The Kier molecular flexibility index (Phi) is 4.37. The van der Waals surface area contributed by atoms with Crippen molar-refractivity contribution in [2.45, 2.75) is 71.4 Å². The van der Waals surface area contributed by atoms with Crippen LogP contribution in [0.2, 0.25) is 0 Å². The predicted octanol–water partition coefficient (Wildman–Crippen LogP) is 3.29. The highest BCUT2D eigenvalue weighted by Gasteiger charge is 2.34. The second-order valence-electron chi connectivity index (χ2n) is 6.90. The summed E-state index contributed by atoms with van der Waals surface area (Å²) in [5.74, 6) is 0.244. The molecule has 1 fully saturated rings. The van der Waals surface area contributed by atoms with Crippen molar-refractivity contribution in [3.8, 4) is 6.07 Å². The molecule has 20 heavy (non-hydrogen) atoms. The second kappa shape index (κ2) is 5.87. The molecule has 2 aliphatic rings. The molecule has 2 N–H and O–H groups in total. The van der Waals surface area contributed by atoms with Crippen molar-refractivity contribution in [2.75, 3.05) is 0 Å². The number of rotatable bonds is 1. The van der Waals surface area contributed by atoms with Crippen molar-refractivity contribution < 1.29 is 4.74 Å². The van der Waals surface area contributed by atoms with Crippen LogP contribution in [0.25, 0.3) is 0 Å². The van der Waals surface area contributed by atoms with Gasteiger partial charge in [-0.25, -0.2) is 0 Å². The Morgan fingerprint density at radius 2 is 1.90 bits per heavy atom. The summed E-state index contributed by atoms with van der Waals surface area (Å²) in [5.41, 5.74) is 7.20. The zero-order valence-corrected chi connectivity index (χ0v) is 12.8. The lowest BCUT2D eigenvalue weighted by atomic mass is 9.83. The Labute approximate surface area is 121 Å². The molecule has 0 bridgehead atoms. The Balaban J connectivity index is 2.26. The first kappa shape index (κ1) is 14.9. The number of ether oxygens (including phenoxy) is 1. The molecule has 1 heterocycles. The zero-order valence-electron chi connectivity index (χ0n) is 12.8. The van der Waals surface area contributed by atoms with Crippen LogP contribution < -0.4 is 5.73 Å². The van der Waals surface area contributed by atoms with Gasteiger partial charge in [-0.3, -0.25) is 4.99 Å². The van der Waals surface area contributed by atoms with E-state index in [-0.39, 0.29) is 17.4 Å². The third kappa shape index (κ3) is 3.33. The molecule has 1 atom stereocenters. The van der Waals surface area contributed by atoms with Crippen LogP contribution in [-0.2, 0) is 4.74 Å². The van der Waals surface area contributed by atoms with Gasteiger partial charge in [-0.15, -0.1) is 0 Å². The molecule has 1 saturated carbocycles. The van der Waals surface area contributed by atoms with Crippen LogP contribution in [-0.4, -0.2) is 17.9 Å². The first-order chi connectivity index (χ1) is 9.41. The minimum atomic E-state index is -0.0149. The van der Waals surface area contributed by atoms with Crippen molar-refractivity contribution in [1.29, 1.82) is 5.26 Å². The molecule has 0 saturated heterocycles. The summed E-state index contributed by atoms with van der Waals surface area (Å²) in [7, 11) is 0. The molecule has 0 aromatic carbocycles. The van der Waals surface area contributed by atoms with Crippen LogP contribution in [0.3, 0.4) is 0 Å². The highest BCUT2D eigenvalue weighted by atomic mass is 16.5. The number of hydrogen-bond donors (Lipinski definition) is 1. The van der Waals surface area contributed by atoms with E-state index in [0.717, 1.165) is 18.6 Å². The minimum absolute atomic E-state index is 0.0121. The maximum atomic E-state index is 9.30. The normalized spacial score (nSPS) is 27.3. The van der Waals surface area contributed by atoms with Gasteiger partial charge in [-0.2, -0.15) is 5.26 Å². The largest absolute Gasteiger partial charge is 0.474 e. The first-order valence-electron chi connectivity index (χ1n) is 7.55. The molecular weight excluding hydrogens is 250 g/mol. The van der Waals surface area contributed by atoms with E-state index in [2.05, 4.69) is 26.8 Å². The van der Waals surface area contributed by atoms with E-state index in [0.29, 0.717) is 18.0 Å². The van der Waals surface area contributed by atoms with Gasteiger partial charge in [0.25, 0.3) is 0 Å². The van der Waals surface area contributed by atoms with Crippen molar-refractivity contribution >= 4 is 5.71 Å². The molecule has 1 aliphatic heterocycles. The van der Waals surface area contributed by atoms with Gasteiger partial charge in [-0.05, 0) is 18.3 Å². The average molecular weight is 275 g/mol. The van der Waals surface area contributed by atoms with Crippen molar-refractivity contribution in [1.82, 2.24) is 0 Å². The van der Waals surface area contributed by atoms with Gasteiger partial charge in [-0.1, -0.05) is 40.0 Å². The van der Waals surface area contributed by atoms with E-state index in [9.17, 15) is 5.26 Å². The van der Waals surface area contributed by atoms with Crippen molar-refractivity contribution in [3.05, 3.63) is 11.5 Å². The molecular formula is C16H25N3O. The quantitative estimate of drug-likeness (QED) is 0.798. The van der Waals surface area contributed by atoms with E-state index in [1.165, 1.54) is 19.3 Å². The summed E-state index contributed by atoms with van der Waals surface area (Å²) < 4.78 is 5.73. The monoisotopic (exact) mass is 275 g/mol. The minimum Gasteiger partial charge on any atom is -0.474 e. The lowest BCUT2D eigenvalue weighted by Crippen LogP contribution is -2.38. The molecule has 110 valence electrons. The van der Waals surface area contributed by atoms with E-state index >= 15 is 0 Å². The Bertz CT molecular complexity index is 459. The van der Waals surface area contributed by atoms with Crippen LogP contribution in [0.5, 0.6) is 0 Å². The molecule has 4 heteroatoms. The third-order valence-corrected chi connectivity index (χ3v) is 4.17. The molecule has 0 spiro atoms. The SMILES string of the molecule is CC(C)(C)C1CC(=NC2CCCCC2)C(C#N)=C(N)O1. The van der Waals surface area contributed by atoms with Gasteiger partial charge >= 0.3 is 0 Å². The zero-order chi connectivity index (χ0) is 14.8. The van der Waals surface area contributed by atoms with Gasteiger partial charge in [0.1, 0.15) is 17.7 Å². The number of hydrogen-bond acceptors (Lipinski definition) is 4. The molecule has 0 radical (unpaired) electrons. The summed E-state index contributed by atoms with van der Waals surface area (Å²) in [4.78, 5) is 4.84. The molecule has 0 aromatic rings. The lowest BCUT2D eigenvalue weighted by molar-refractivity contribution is 0.0260. The van der Waals surface area contributed by atoms with Gasteiger partial charge in [0.2, 0.25) is 5.88 Å². The van der Waals surface area contributed by atoms with E-state index in [1.807, 2.05) is 0 Å². The Morgan fingerprint density at radius 1 is 1.25 bits per heavy atom. The highest BCUT2D eigenvalue weighted by molar-refractivity contribution is 6.04. The van der Waals surface area contributed by atoms with Crippen LogP contribution >= 0.6 is 0 Å². The Hall–Kier alpha value is -1.50. The smallest absolute Gasteiger partial charge is 0.204 e. The molecule has 1 aliphatic carbocycles. The Morgan fingerprint density at radius 3 is 2.45 bits per heavy atom. The summed E-state index contributed by atoms with van der Waals surface area (Å²) in [6.07, 6.45) is 6.71. The van der Waals surface area contributed by atoms with Crippen molar-refractivity contribution in [2.24, 2.45) is 16.1 Å². The molecule has 2 rings (SSSR count). The van der Waals surface area contributed by atoms with Crippen LogP contribution in [0, 0.1) is 16.7 Å². The number of aliphatic imine (C=N–C) groups is 1. The van der Waals surface area contributed by atoms with E-state index in [4.69, 9.17) is 15.5 Å². The fraction of sp³-hybridized carbons (Fsp3) is 0.750. The van der Waals surface area contributed by atoms with Gasteiger partial charge in [0.05, 0.1) is 11.8 Å². The van der Waals surface area contributed by atoms with Gasteiger partial charge in [0, 0.05) is 6.42 Å². The van der Waals surface area contributed by atoms with Gasteiger partial charge < -0.3 is 10.5 Å². The number of nitrogens with two attached hydrogens (primary N) is 1. The summed E-state index contributed by atoms with van der Waals surface area (Å²) in [5, 5.41) is 9.30. The van der Waals surface area contributed by atoms with Crippen LogP contribution in [0.15, 0.2) is 16.4 Å². The summed E-state index contributed by atoms with van der Waals surface area (Å²) in [6.45, 7) is 6.38. The van der Waals surface area contributed by atoms with Crippen LogP contribution in [0.4, 0.5) is 0 Å². The molecule has 0 amide bonds. The third-order valence-electron chi connectivity index (χ3n) is 4.17. The van der Waals surface area contributed by atoms with E-state index in [1.54, 1.807) is 0 Å². The standard InChI is InChI=1S/C16H25N3O/c1-16(2,3)14-9-13(12(10-17)15(18)20-14)19-11-7-5-4-6-8-11/h11,14H,4-9,18H2,1-3H3. The van der Waals surface area contributed by atoms with Crippen LogP contribution in [0.1, 0.15) is 59.3 Å². The summed E-state index contributed by atoms with van der Waals surface area (Å²) in [6, 6.07) is 2.52. The lowest BCUT2D eigenvalue weighted by Gasteiger charge is -2.35. The molecule has 0 aromatic heterocycles.